The number of aromatic nitrogens is 2. The average molecular weight is 250 g/mol. The molecule has 5 heteroatoms. The number of anilines is 1. The van der Waals surface area contributed by atoms with E-state index in [0.29, 0.717) is 0 Å². The summed E-state index contributed by atoms with van der Waals surface area (Å²) in [5.41, 5.74) is 2.22. The third-order valence-electron chi connectivity index (χ3n) is 3.16. The summed E-state index contributed by atoms with van der Waals surface area (Å²) in [6.45, 7) is 10.5. The molecule has 2 rings (SSSR count). The zero-order valence-corrected chi connectivity index (χ0v) is 11.4. The van der Waals surface area contributed by atoms with E-state index in [9.17, 15) is 0 Å². The van der Waals surface area contributed by atoms with Crippen LogP contribution in [0.5, 0.6) is 0 Å². The van der Waals surface area contributed by atoms with Crippen molar-refractivity contribution in [3.8, 4) is 0 Å². The molecule has 2 heterocycles. The monoisotopic (exact) mass is 250 g/mol. The summed E-state index contributed by atoms with van der Waals surface area (Å²) in [4.78, 5) is 11.3. The summed E-state index contributed by atoms with van der Waals surface area (Å²) in [5.74, 6) is 0.822. The van der Waals surface area contributed by atoms with Crippen LogP contribution in [0, 0.1) is 6.92 Å². The second-order valence-electron chi connectivity index (χ2n) is 4.69. The summed E-state index contributed by atoms with van der Waals surface area (Å²) in [6, 6.07) is 0. The second kappa shape index (κ2) is 6.11. The van der Waals surface area contributed by atoms with Gasteiger partial charge in [-0.25, -0.2) is 9.97 Å². The summed E-state index contributed by atoms with van der Waals surface area (Å²) in [5, 5.41) is 3.30. The highest BCUT2D eigenvalue weighted by Gasteiger charge is 2.19. The van der Waals surface area contributed by atoms with E-state index in [2.05, 4.69) is 34.0 Å². The van der Waals surface area contributed by atoms with E-state index in [1.54, 1.807) is 0 Å². The van der Waals surface area contributed by atoms with Crippen LogP contribution >= 0.6 is 0 Å². The lowest BCUT2D eigenvalue weighted by molar-refractivity contribution is 0.0526. The molecule has 1 saturated heterocycles. The van der Waals surface area contributed by atoms with Crippen molar-refractivity contribution in [2.75, 3.05) is 31.1 Å². The lowest BCUT2D eigenvalue weighted by atomic mass is 10.2. The predicted octanol–water partition coefficient (Wildman–Crippen LogP) is 1.12. The third-order valence-corrected chi connectivity index (χ3v) is 3.16. The molecule has 1 aromatic rings. The van der Waals surface area contributed by atoms with E-state index in [4.69, 9.17) is 4.74 Å². The molecule has 0 aliphatic carbocycles. The first-order chi connectivity index (χ1) is 8.70. The number of nitrogens with one attached hydrogen (secondary N) is 1. The first-order valence-electron chi connectivity index (χ1n) is 6.60. The molecule has 0 aromatic carbocycles. The van der Waals surface area contributed by atoms with Crippen molar-refractivity contribution in [1.29, 1.82) is 0 Å². The van der Waals surface area contributed by atoms with Crippen LogP contribution in [0.2, 0.25) is 0 Å². The predicted molar refractivity (Wildman–Crippen MR) is 71.8 cm³/mol. The van der Waals surface area contributed by atoms with Gasteiger partial charge in [-0.3, -0.25) is 0 Å². The molecule has 1 aliphatic rings. The Labute approximate surface area is 109 Å². The van der Waals surface area contributed by atoms with Gasteiger partial charge >= 0.3 is 0 Å². The van der Waals surface area contributed by atoms with Gasteiger partial charge < -0.3 is 15.0 Å². The molecule has 0 spiro atoms. The van der Waals surface area contributed by atoms with Crippen LogP contribution in [-0.2, 0) is 11.3 Å². The van der Waals surface area contributed by atoms with Crippen molar-refractivity contribution >= 4 is 5.95 Å². The van der Waals surface area contributed by atoms with Gasteiger partial charge in [-0.2, -0.15) is 0 Å². The van der Waals surface area contributed by atoms with Crippen molar-refractivity contribution in [3.05, 3.63) is 17.5 Å². The number of nitrogens with zero attached hydrogens (tertiary/aromatic N) is 3. The number of hydrogen-bond acceptors (Lipinski definition) is 5. The van der Waals surface area contributed by atoms with Crippen LogP contribution in [-0.4, -0.2) is 42.3 Å². The fraction of sp³-hybridized carbons (Fsp3) is 0.692. The van der Waals surface area contributed by atoms with Gasteiger partial charge in [-0.1, -0.05) is 6.92 Å². The van der Waals surface area contributed by atoms with Gasteiger partial charge in [-0.05, 0) is 20.4 Å². The van der Waals surface area contributed by atoms with E-state index in [1.165, 1.54) is 5.56 Å². The zero-order chi connectivity index (χ0) is 13.0. The fourth-order valence-electron chi connectivity index (χ4n) is 2.07. The summed E-state index contributed by atoms with van der Waals surface area (Å²) >= 11 is 0. The first kappa shape index (κ1) is 13.2. The minimum Gasteiger partial charge on any atom is -0.375 e. The second-order valence-corrected chi connectivity index (χ2v) is 4.69. The van der Waals surface area contributed by atoms with Crippen molar-refractivity contribution in [2.24, 2.45) is 0 Å². The molecular weight excluding hydrogens is 228 g/mol. The maximum absolute atomic E-state index is 5.53. The van der Waals surface area contributed by atoms with Crippen LogP contribution < -0.4 is 10.2 Å². The number of rotatable bonds is 4. The van der Waals surface area contributed by atoms with Gasteiger partial charge in [0.05, 0.1) is 12.7 Å². The van der Waals surface area contributed by atoms with E-state index >= 15 is 0 Å². The molecule has 0 radical (unpaired) electrons. The van der Waals surface area contributed by atoms with Gasteiger partial charge in [-0.15, -0.1) is 0 Å². The molecule has 0 saturated carbocycles. The Kier molecular flexibility index (Phi) is 4.49. The molecule has 100 valence electrons. The topological polar surface area (TPSA) is 50.3 Å². The SMILES string of the molecule is CCNCc1cnc(N2CCOC(C)C2)nc1C. The lowest BCUT2D eigenvalue weighted by Crippen LogP contribution is -2.42. The van der Waals surface area contributed by atoms with E-state index in [0.717, 1.165) is 44.4 Å². The number of aryl methyl sites for hydroxylation is 1. The van der Waals surface area contributed by atoms with Crippen LogP contribution in [0.15, 0.2) is 6.20 Å². The molecule has 1 unspecified atom stereocenters. The highest BCUT2D eigenvalue weighted by atomic mass is 16.5. The number of morpholine rings is 1. The van der Waals surface area contributed by atoms with Gasteiger partial charge in [0.1, 0.15) is 0 Å². The molecular formula is C13H22N4O. The fourth-order valence-corrected chi connectivity index (χ4v) is 2.07. The van der Waals surface area contributed by atoms with Crippen molar-refractivity contribution < 1.29 is 4.74 Å². The zero-order valence-electron chi connectivity index (χ0n) is 11.4. The van der Waals surface area contributed by atoms with Crippen molar-refractivity contribution in [3.63, 3.8) is 0 Å². The Hall–Kier alpha value is -1.20. The molecule has 5 nitrogen and oxygen atoms in total. The summed E-state index contributed by atoms with van der Waals surface area (Å²) < 4.78 is 5.53. The van der Waals surface area contributed by atoms with Crippen LogP contribution in [0.3, 0.4) is 0 Å². The quantitative estimate of drug-likeness (QED) is 0.868. The average Bonchev–Trinajstić information content (AvgIpc) is 2.37. The first-order valence-corrected chi connectivity index (χ1v) is 6.60. The van der Waals surface area contributed by atoms with Crippen LogP contribution in [0.4, 0.5) is 5.95 Å². The van der Waals surface area contributed by atoms with Crippen molar-refractivity contribution in [1.82, 2.24) is 15.3 Å². The molecule has 1 aliphatic heterocycles. The summed E-state index contributed by atoms with van der Waals surface area (Å²) in [6.07, 6.45) is 2.18. The van der Waals surface area contributed by atoms with Gasteiger partial charge in [0.25, 0.3) is 0 Å². The number of hydrogen-bond donors (Lipinski definition) is 1. The molecule has 1 atom stereocenters. The van der Waals surface area contributed by atoms with Gasteiger partial charge in [0.2, 0.25) is 5.95 Å². The normalized spacial score (nSPS) is 20.2. The minimum absolute atomic E-state index is 0.254. The Morgan fingerprint density at radius 2 is 2.39 bits per heavy atom. The van der Waals surface area contributed by atoms with E-state index in [-0.39, 0.29) is 6.10 Å². The Morgan fingerprint density at radius 1 is 1.56 bits per heavy atom. The standard InChI is InChI=1S/C13H22N4O/c1-4-14-7-12-8-15-13(16-11(12)3)17-5-6-18-10(2)9-17/h8,10,14H,4-7,9H2,1-3H3. The smallest absolute Gasteiger partial charge is 0.225 e. The molecule has 1 N–H and O–H groups in total. The Balaban J connectivity index is 2.07. The molecule has 0 amide bonds. The molecule has 0 bridgehead atoms. The molecule has 1 aromatic heterocycles. The largest absolute Gasteiger partial charge is 0.375 e. The highest BCUT2D eigenvalue weighted by Crippen LogP contribution is 2.14. The molecule has 18 heavy (non-hydrogen) atoms. The molecule has 1 fully saturated rings. The van der Waals surface area contributed by atoms with E-state index in [1.807, 2.05) is 13.1 Å². The van der Waals surface area contributed by atoms with Gasteiger partial charge in [0.15, 0.2) is 0 Å². The number of ether oxygens (including phenoxy) is 1. The minimum atomic E-state index is 0.254. The third kappa shape index (κ3) is 3.17. The Bertz CT molecular complexity index is 397. The van der Waals surface area contributed by atoms with E-state index < -0.39 is 0 Å². The lowest BCUT2D eigenvalue weighted by Gasteiger charge is -2.31. The maximum atomic E-state index is 5.53. The van der Waals surface area contributed by atoms with Crippen molar-refractivity contribution in [2.45, 2.75) is 33.4 Å². The summed E-state index contributed by atoms with van der Waals surface area (Å²) in [7, 11) is 0. The van der Waals surface area contributed by atoms with Crippen LogP contribution in [0.25, 0.3) is 0 Å². The van der Waals surface area contributed by atoms with Gasteiger partial charge in [0, 0.05) is 37.1 Å². The maximum Gasteiger partial charge on any atom is 0.225 e. The Morgan fingerprint density at radius 3 is 3.06 bits per heavy atom. The highest BCUT2D eigenvalue weighted by molar-refractivity contribution is 5.33. The van der Waals surface area contributed by atoms with Crippen LogP contribution in [0.1, 0.15) is 25.1 Å².